The van der Waals surface area contributed by atoms with Gasteiger partial charge in [0.15, 0.2) is 0 Å². The van der Waals surface area contributed by atoms with Crippen LogP contribution in [0.15, 0.2) is 11.6 Å². The van der Waals surface area contributed by atoms with Gasteiger partial charge in [-0.3, -0.25) is 4.79 Å². The van der Waals surface area contributed by atoms with Crippen molar-refractivity contribution in [1.29, 1.82) is 0 Å². The number of carbonyl (C=O) groups excluding carboxylic acids is 2. The van der Waals surface area contributed by atoms with Gasteiger partial charge in [-0.15, -0.1) is 11.3 Å². The molecular weight excluding hydrogens is 282 g/mol. The van der Waals surface area contributed by atoms with Gasteiger partial charge >= 0.3 is 6.09 Å². The van der Waals surface area contributed by atoms with Crippen molar-refractivity contribution >= 4 is 23.3 Å². The average Bonchev–Trinajstić information content (AvgIpc) is 2.83. The number of aromatic nitrogens is 1. The molecule has 8 heteroatoms. The Morgan fingerprint density at radius 1 is 1.50 bits per heavy atom. The van der Waals surface area contributed by atoms with Crippen molar-refractivity contribution in [2.45, 2.75) is 39.0 Å². The van der Waals surface area contributed by atoms with Crippen LogP contribution in [0.5, 0.6) is 0 Å². The van der Waals surface area contributed by atoms with Crippen molar-refractivity contribution in [3.05, 3.63) is 16.6 Å². The summed E-state index contributed by atoms with van der Waals surface area (Å²) in [5.74, 6) is -0.492. The average molecular weight is 301 g/mol. The number of nitrogens with zero attached hydrogens (tertiary/aromatic N) is 1. The lowest BCUT2D eigenvalue weighted by molar-refractivity contribution is -0.124. The largest absolute Gasteiger partial charge is 0.444 e. The number of aliphatic hydroxyl groups excluding tert-OH is 1. The van der Waals surface area contributed by atoms with Gasteiger partial charge in [0.1, 0.15) is 16.7 Å². The molecule has 20 heavy (non-hydrogen) atoms. The third-order valence-electron chi connectivity index (χ3n) is 2.09. The van der Waals surface area contributed by atoms with Crippen LogP contribution in [-0.2, 0) is 16.1 Å². The van der Waals surface area contributed by atoms with Crippen LogP contribution in [0.2, 0.25) is 0 Å². The fourth-order valence-corrected chi connectivity index (χ4v) is 1.83. The van der Waals surface area contributed by atoms with Crippen molar-refractivity contribution < 1.29 is 19.4 Å². The molecule has 3 N–H and O–H groups in total. The minimum Gasteiger partial charge on any atom is -0.444 e. The van der Waals surface area contributed by atoms with Crippen molar-refractivity contribution in [2.75, 3.05) is 6.61 Å². The van der Waals surface area contributed by atoms with Crippen molar-refractivity contribution in [3.8, 4) is 0 Å². The molecule has 0 aliphatic carbocycles. The molecule has 0 aliphatic rings. The first-order valence-electron chi connectivity index (χ1n) is 6.08. The van der Waals surface area contributed by atoms with Gasteiger partial charge in [0.05, 0.1) is 13.2 Å². The van der Waals surface area contributed by atoms with Crippen molar-refractivity contribution in [1.82, 2.24) is 15.6 Å². The van der Waals surface area contributed by atoms with Crippen LogP contribution < -0.4 is 10.6 Å². The zero-order valence-electron chi connectivity index (χ0n) is 11.7. The summed E-state index contributed by atoms with van der Waals surface area (Å²) in [4.78, 5) is 27.3. The number of rotatable bonds is 5. The lowest BCUT2D eigenvalue weighted by Gasteiger charge is -2.22. The lowest BCUT2D eigenvalue weighted by atomic mass is 10.2. The number of alkyl carbamates (subject to hydrolysis) is 1. The van der Waals surface area contributed by atoms with E-state index < -0.39 is 30.3 Å². The monoisotopic (exact) mass is 301 g/mol. The summed E-state index contributed by atoms with van der Waals surface area (Å²) in [7, 11) is 0. The van der Waals surface area contributed by atoms with Crippen LogP contribution in [0.4, 0.5) is 4.79 Å². The summed E-state index contributed by atoms with van der Waals surface area (Å²) in [5, 5.41) is 16.6. The van der Waals surface area contributed by atoms with Gasteiger partial charge in [-0.25, -0.2) is 9.78 Å². The second-order valence-electron chi connectivity index (χ2n) is 5.03. The molecule has 0 aromatic carbocycles. The summed E-state index contributed by atoms with van der Waals surface area (Å²) >= 11 is 1.41. The highest BCUT2D eigenvalue weighted by Gasteiger charge is 2.23. The molecule has 7 nitrogen and oxygen atoms in total. The van der Waals surface area contributed by atoms with Gasteiger partial charge < -0.3 is 20.5 Å². The Morgan fingerprint density at radius 3 is 2.70 bits per heavy atom. The number of ether oxygens (including phenoxy) is 1. The maximum absolute atomic E-state index is 11.8. The molecule has 2 amide bonds. The molecule has 0 unspecified atom stereocenters. The van der Waals surface area contributed by atoms with E-state index in [1.54, 1.807) is 32.3 Å². The summed E-state index contributed by atoms with van der Waals surface area (Å²) in [6.07, 6.45) is 0.884. The van der Waals surface area contributed by atoms with E-state index in [-0.39, 0.29) is 6.54 Å². The topological polar surface area (TPSA) is 101 Å². The standard InChI is InChI=1S/C12H19N3O4S/c1-12(2,3)19-11(18)15-8(7-16)10(17)14-6-9-13-4-5-20-9/h4-5,8,16H,6-7H2,1-3H3,(H,14,17)(H,15,18)/t8-/m1/s1. The molecule has 112 valence electrons. The predicted octanol–water partition coefficient (Wildman–Crippen LogP) is 0.645. The van der Waals surface area contributed by atoms with E-state index in [0.29, 0.717) is 0 Å². The Labute approximate surface area is 121 Å². The number of nitrogens with one attached hydrogen (secondary N) is 2. The van der Waals surface area contributed by atoms with Gasteiger partial charge in [-0.2, -0.15) is 0 Å². The molecule has 1 aromatic heterocycles. The summed E-state index contributed by atoms with van der Waals surface area (Å²) in [6, 6.07) is -1.05. The fourth-order valence-electron chi connectivity index (χ4n) is 1.27. The molecule has 1 heterocycles. The van der Waals surface area contributed by atoms with Crippen LogP contribution in [0, 0.1) is 0 Å². The predicted molar refractivity (Wildman–Crippen MR) is 74.2 cm³/mol. The maximum atomic E-state index is 11.8. The number of carbonyl (C=O) groups is 2. The van der Waals surface area contributed by atoms with E-state index in [1.807, 2.05) is 0 Å². The molecular formula is C12H19N3O4S. The third-order valence-corrected chi connectivity index (χ3v) is 2.87. The van der Waals surface area contributed by atoms with Crippen molar-refractivity contribution in [2.24, 2.45) is 0 Å². The van der Waals surface area contributed by atoms with Crippen LogP contribution in [0.3, 0.4) is 0 Å². The van der Waals surface area contributed by atoms with Gasteiger partial charge in [0.2, 0.25) is 5.91 Å². The molecule has 0 bridgehead atoms. The number of hydrogen-bond donors (Lipinski definition) is 3. The van der Waals surface area contributed by atoms with E-state index in [4.69, 9.17) is 9.84 Å². The molecule has 0 radical (unpaired) electrons. The van der Waals surface area contributed by atoms with Crippen LogP contribution >= 0.6 is 11.3 Å². The Hall–Kier alpha value is -1.67. The summed E-state index contributed by atoms with van der Waals surface area (Å²) in [5.41, 5.74) is -0.665. The van der Waals surface area contributed by atoms with E-state index in [1.165, 1.54) is 11.3 Å². The maximum Gasteiger partial charge on any atom is 0.408 e. The van der Waals surface area contributed by atoms with Gasteiger partial charge in [0.25, 0.3) is 0 Å². The van der Waals surface area contributed by atoms with E-state index >= 15 is 0 Å². The van der Waals surface area contributed by atoms with Gasteiger partial charge in [-0.1, -0.05) is 0 Å². The molecule has 0 spiro atoms. The minimum atomic E-state index is -1.05. The smallest absolute Gasteiger partial charge is 0.408 e. The van der Waals surface area contributed by atoms with E-state index in [0.717, 1.165) is 5.01 Å². The van der Waals surface area contributed by atoms with Gasteiger partial charge in [-0.05, 0) is 20.8 Å². The number of hydrogen-bond acceptors (Lipinski definition) is 6. The molecule has 1 atom stereocenters. The number of amides is 2. The first-order chi connectivity index (χ1) is 9.31. The highest BCUT2D eigenvalue weighted by molar-refractivity contribution is 7.09. The second kappa shape index (κ2) is 7.20. The first kappa shape index (κ1) is 16.4. The highest BCUT2D eigenvalue weighted by Crippen LogP contribution is 2.07. The Morgan fingerprint density at radius 2 is 2.20 bits per heavy atom. The molecule has 0 aliphatic heterocycles. The summed E-state index contributed by atoms with van der Waals surface area (Å²) < 4.78 is 5.02. The molecule has 0 saturated carbocycles. The van der Waals surface area contributed by atoms with E-state index in [2.05, 4.69) is 15.6 Å². The molecule has 1 aromatic rings. The lowest BCUT2D eigenvalue weighted by Crippen LogP contribution is -2.49. The van der Waals surface area contributed by atoms with E-state index in [9.17, 15) is 9.59 Å². The van der Waals surface area contributed by atoms with Gasteiger partial charge in [0, 0.05) is 11.6 Å². The zero-order chi connectivity index (χ0) is 15.2. The molecule has 1 rings (SSSR count). The Balaban J connectivity index is 2.44. The first-order valence-corrected chi connectivity index (χ1v) is 6.96. The number of thiazole rings is 1. The van der Waals surface area contributed by atoms with Crippen molar-refractivity contribution in [3.63, 3.8) is 0 Å². The highest BCUT2D eigenvalue weighted by atomic mass is 32.1. The quantitative estimate of drug-likeness (QED) is 0.741. The minimum absolute atomic E-state index is 0.253. The fraction of sp³-hybridized carbons (Fsp3) is 0.583. The third kappa shape index (κ3) is 5.98. The molecule has 0 fully saturated rings. The second-order valence-corrected chi connectivity index (χ2v) is 6.00. The normalized spacial score (nSPS) is 12.6. The van der Waals surface area contributed by atoms with Crippen LogP contribution in [-0.4, -0.2) is 40.3 Å². The zero-order valence-corrected chi connectivity index (χ0v) is 12.5. The van der Waals surface area contributed by atoms with Crippen LogP contribution in [0.25, 0.3) is 0 Å². The number of aliphatic hydroxyl groups is 1. The Bertz CT molecular complexity index is 442. The summed E-state index contributed by atoms with van der Waals surface area (Å²) in [6.45, 7) is 4.88. The molecule has 0 saturated heterocycles. The van der Waals surface area contributed by atoms with Crippen LogP contribution in [0.1, 0.15) is 25.8 Å². The Kier molecular flexibility index (Phi) is 5.90. The SMILES string of the molecule is CC(C)(C)OC(=O)N[C@H](CO)C(=O)NCc1nccs1.